The second-order valence-electron chi connectivity index (χ2n) is 9.15. The van der Waals surface area contributed by atoms with Crippen molar-refractivity contribution in [3.05, 3.63) is 30.1 Å². The first-order valence-electron chi connectivity index (χ1n) is 12.1. The number of nitrogens with zero attached hydrogens (tertiary/aromatic N) is 1. The zero-order valence-corrected chi connectivity index (χ0v) is 20.4. The number of amides is 4. The van der Waals surface area contributed by atoms with Crippen LogP contribution in [0.25, 0.3) is 0 Å². The van der Waals surface area contributed by atoms with Crippen LogP contribution in [0.15, 0.2) is 24.5 Å². The molecule has 0 bridgehead atoms. The summed E-state index contributed by atoms with van der Waals surface area (Å²) in [5, 5.41) is 17.7. The fourth-order valence-electron chi connectivity index (χ4n) is 4.10. The van der Waals surface area contributed by atoms with Gasteiger partial charge in [0.25, 0.3) is 0 Å². The predicted octanol–water partition coefficient (Wildman–Crippen LogP) is 1.66. The second-order valence-corrected chi connectivity index (χ2v) is 9.15. The summed E-state index contributed by atoms with van der Waals surface area (Å²) in [5.41, 5.74) is 2.53. The molecule has 5 N–H and O–H groups in total. The lowest BCUT2D eigenvalue weighted by Gasteiger charge is -2.28. The summed E-state index contributed by atoms with van der Waals surface area (Å²) in [6.07, 6.45) is 5.19. The van der Waals surface area contributed by atoms with Gasteiger partial charge in [0.05, 0.1) is 12.5 Å². The van der Waals surface area contributed by atoms with Gasteiger partial charge in [0.1, 0.15) is 6.04 Å². The Bertz CT molecular complexity index is 835. The smallest absolute Gasteiger partial charge is 0.407 e. The van der Waals surface area contributed by atoms with Gasteiger partial charge in [0.15, 0.2) is 0 Å². The first-order chi connectivity index (χ1) is 16.8. The van der Waals surface area contributed by atoms with E-state index in [9.17, 15) is 24.4 Å². The number of rotatable bonds is 6. The zero-order chi connectivity index (χ0) is 25.6. The highest BCUT2D eigenvalue weighted by Gasteiger charge is 2.35. The molecule has 2 heterocycles. The van der Waals surface area contributed by atoms with Gasteiger partial charge in [-0.15, -0.1) is 0 Å². The highest BCUT2D eigenvalue weighted by Crippen LogP contribution is 2.26. The van der Waals surface area contributed by atoms with Crippen LogP contribution in [0.2, 0.25) is 0 Å². The third-order valence-electron chi connectivity index (χ3n) is 5.93. The minimum atomic E-state index is -0.847. The molecule has 4 amide bonds. The monoisotopic (exact) mass is 491 g/mol. The van der Waals surface area contributed by atoms with E-state index in [1.165, 1.54) is 0 Å². The van der Waals surface area contributed by atoms with Gasteiger partial charge < -0.3 is 20.7 Å². The molecule has 2 rings (SSSR count). The average molecular weight is 492 g/mol. The summed E-state index contributed by atoms with van der Waals surface area (Å²) in [5.74, 6) is -2.96. The van der Waals surface area contributed by atoms with Crippen molar-refractivity contribution in [3.8, 4) is 0 Å². The number of pyridine rings is 1. The van der Waals surface area contributed by atoms with E-state index in [1.54, 1.807) is 30.0 Å². The van der Waals surface area contributed by atoms with E-state index in [0.29, 0.717) is 38.6 Å². The van der Waals surface area contributed by atoms with Crippen LogP contribution in [-0.4, -0.2) is 53.2 Å². The molecule has 1 fully saturated rings. The molecule has 1 saturated heterocycles. The van der Waals surface area contributed by atoms with Crippen molar-refractivity contribution in [1.29, 1.82) is 0 Å². The molecule has 3 atom stereocenters. The van der Waals surface area contributed by atoms with Crippen LogP contribution in [0.3, 0.4) is 0 Å². The number of hydrogen-bond acceptors (Lipinski definition) is 7. The molecule has 0 spiro atoms. The van der Waals surface area contributed by atoms with Gasteiger partial charge >= 0.3 is 6.09 Å². The average Bonchev–Trinajstić information content (AvgIpc) is 2.85. The number of hydroxylamine groups is 1. The van der Waals surface area contributed by atoms with E-state index < -0.39 is 35.8 Å². The molecular weight excluding hydrogens is 454 g/mol. The molecule has 11 nitrogen and oxygen atoms in total. The SMILES string of the molecule is CC(C)C[C@H]1C(=O)N[C@H](C(=O)NCc2ccncc2)CCCCNC(=O)OCCC[C@@H]1C(=O)NO. The van der Waals surface area contributed by atoms with Crippen molar-refractivity contribution in [3.63, 3.8) is 0 Å². The number of hydrogen-bond donors (Lipinski definition) is 5. The van der Waals surface area contributed by atoms with E-state index in [4.69, 9.17) is 4.74 Å². The largest absolute Gasteiger partial charge is 0.450 e. The molecule has 1 aromatic rings. The maximum absolute atomic E-state index is 13.4. The number of aromatic nitrogens is 1. The Kier molecular flexibility index (Phi) is 12.0. The van der Waals surface area contributed by atoms with Gasteiger partial charge in [-0.1, -0.05) is 13.8 Å². The zero-order valence-electron chi connectivity index (χ0n) is 20.4. The van der Waals surface area contributed by atoms with Gasteiger partial charge in [0.2, 0.25) is 17.7 Å². The summed E-state index contributed by atoms with van der Waals surface area (Å²) in [7, 11) is 0. The minimum absolute atomic E-state index is 0.0805. The van der Waals surface area contributed by atoms with Gasteiger partial charge in [-0.2, -0.15) is 0 Å². The van der Waals surface area contributed by atoms with Gasteiger partial charge in [-0.3, -0.25) is 24.6 Å². The molecule has 0 unspecified atom stereocenters. The number of cyclic esters (lactones) is 1. The van der Waals surface area contributed by atoms with E-state index in [-0.39, 0.29) is 31.4 Å². The van der Waals surface area contributed by atoms with Crippen LogP contribution in [0.4, 0.5) is 4.79 Å². The van der Waals surface area contributed by atoms with Crippen LogP contribution >= 0.6 is 0 Å². The number of carbonyl (C=O) groups excluding carboxylic acids is 4. The molecule has 1 aliphatic rings. The van der Waals surface area contributed by atoms with Crippen molar-refractivity contribution < 1.29 is 29.1 Å². The molecule has 1 aliphatic heterocycles. The van der Waals surface area contributed by atoms with Crippen LogP contribution < -0.4 is 21.4 Å². The molecule has 194 valence electrons. The lowest BCUT2D eigenvalue weighted by atomic mass is 9.81. The van der Waals surface area contributed by atoms with Gasteiger partial charge in [-0.05, 0) is 62.1 Å². The minimum Gasteiger partial charge on any atom is -0.450 e. The Labute approximate surface area is 205 Å². The van der Waals surface area contributed by atoms with Crippen molar-refractivity contribution in [2.75, 3.05) is 13.2 Å². The summed E-state index contributed by atoms with van der Waals surface area (Å²) in [4.78, 5) is 54.7. The molecule has 35 heavy (non-hydrogen) atoms. The topological polar surface area (TPSA) is 159 Å². The first-order valence-corrected chi connectivity index (χ1v) is 12.1. The highest BCUT2D eigenvalue weighted by molar-refractivity contribution is 5.91. The van der Waals surface area contributed by atoms with Crippen LogP contribution in [0, 0.1) is 17.8 Å². The molecule has 0 aromatic carbocycles. The third kappa shape index (κ3) is 9.89. The summed E-state index contributed by atoms with van der Waals surface area (Å²) >= 11 is 0. The Hall–Kier alpha value is -3.21. The number of alkyl carbamates (subject to hydrolysis) is 1. The number of carbonyl (C=O) groups is 4. The standard InChI is InChI=1S/C24H37N5O6/c1-16(2)14-19-18(22(31)29-34)6-5-13-35-24(33)26-10-4-3-7-20(28-21(19)30)23(32)27-15-17-8-11-25-12-9-17/h8-9,11-12,16,18-20,34H,3-7,10,13-15H2,1-2H3,(H,26,33)(H,27,32)(H,28,30)(H,29,31)/t18-,19+,20-/m0/s1. The lowest BCUT2D eigenvalue weighted by Crippen LogP contribution is -2.50. The second kappa shape index (κ2) is 14.9. The highest BCUT2D eigenvalue weighted by atomic mass is 16.5. The van der Waals surface area contributed by atoms with E-state index in [1.807, 2.05) is 13.8 Å². The normalized spacial score (nSPS) is 22.6. The Balaban J connectivity index is 2.22. The molecule has 0 aliphatic carbocycles. The van der Waals surface area contributed by atoms with Crippen LogP contribution in [0.5, 0.6) is 0 Å². The molecule has 0 radical (unpaired) electrons. The summed E-state index contributed by atoms with van der Waals surface area (Å²) in [6, 6.07) is 2.77. The number of ether oxygens (including phenoxy) is 1. The molecule has 1 aromatic heterocycles. The molecule has 11 heteroatoms. The van der Waals surface area contributed by atoms with Crippen LogP contribution in [0.1, 0.15) is 57.9 Å². The Morgan fingerprint density at radius 2 is 1.89 bits per heavy atom. The Morgan fingerprint density at radius 1 is 1.14 bits per heavy atom. The lowest BCUT2D eigenvalue weighted by molar-refractivity contribution is -0.142. The van der Waals surface area contributed by atoms with Crippen molar-refractivity contribution >= 4 is 23.8 Å². The predicted molar refractivity (Wildman–Crippen MR) is 127 cm³/mol. The van der Waals surface area contributed by atoms with E-state index >= 15 is 0 Å². The fraction of sp³-hybridized carbons (Fsp3) is 0.625. The number of nitrogens with one attached hydrogen (secondary N) is 4. The van der Waals surface area contributed by atoms with Crippen molar-refractivity contribution in [2.45, 2.75) is 65.0 Å². The van der Waals surface area contributed by atoms with Crippen LogP contribution in [-0.2, 0) is 25.7 Å². The van der Waals surface area contributed by atoms with Crippen molar-refractivity contribution in [1.82, 2.24) is 26.4 Å². The summed E-state index contributed by atoms with van der Waals surface area (Å²) in [6.45, 7) is 4.61. The van der Waals surface area contributed by atoms with Gasteiger partial charge in [0, 0.05) is 31.4 Å². The first kappa shape index (κ1) is 28.0. The molecule has 0 saturated carbocycles. The fourth-order valence-corrected chi connectivity index (χ4v) is 4.10. The third-order valence-corrected chi connectivity index (χ3v) is 5.93. The quantitative estimate of drug-likeness (QED) is 0.299. The van der Waals surface area contributed by atoms with E-state index in [2.05, 4.69) is 20.9 Å². The maximum Gasteiger partial charge on any atom is 0.407 e. The van der Waals surface area contributed by atoms with Crippen molar-refractivity contribution in [2.24, 2.45) is 17.8 Å². The maximum atomic E-state index is 13.4. The Morgan fingerprint density at radius 3 is 2.57 bits per heavy atom. The molecular formula is C24H37N5O6. The van der Waals surface area contributed by atoms with Gasteiger partial charge in [-0.25, -0.2) is 10.3 Å². The van der Waals surface area contributed by atoms with E-state index in [0.717, 1.165) is 5.56 Å². The summed E-state index contributed by atoms with van der Waals surface area (Å²) < 4.78 is 5.14.